The van der Waals surface area contributed by atoms with Crippen LogP contribution in [0.25, 0.3) is 21.7 Å². The number of rotatable bonds is 2. The SMILES string of the molecule is O=C(c1cc2c(ccc3ccccc32)o1)N1CCN(c2ccccc2)CC1. The van der Waals surface area contributed by atoms with E-state index in [1.165, 1.54) is 5.69 Å². The molecule has 0 saturated carbocycles. The zero-order valence-corrected chi connectivity index (χ0v) is 15.0. The summed E-state index contributed by atoms with van der Waals surface area (Å²) >= 11 is 0. The van der Waals surface area contributed by atoms with Gasteiger partial charge >= 0.3 is 0 Å². The third kappa shape index (κ3) is 2.83. The molecule has 27 heavy (non-hydrogen) atoms. The number of benzene rings is 3. The number of hydrogen-bond donors (Lipinski definition) is 0. The van der Waals surface area contributed by atoms with Crippen molar-refractivity contribution in [2.45, 2.75) is 0 Å². The van der Waals surface area contributed by atoms with Gasteiger partial charge in [-0.2, -0.15) is 0 Å². The molecule has 1 saturated heterocycles. The summed E-state index contributed by atoms with van der Waals surface area (Å²) in [5.74, 6) is 0.400. The average molecular weight is 356 g/mol. The maximum Gasteiger partial charge on any atom is 0.289 e. The van der Waals surface area contributed by atoms with Gasteiger partial charge in [0.15, 0.2) is 5.76 Å². The van der Waals surface area contributed by atoms with Crippen molar-refractivity contribution in [2.75, 3.05) is 31.1 Å². The van der Waals surface area contributed by atoms with E-state index >= 15 is 0 Å². The maximum atomic E-state index is 13.0. The number of para-hydroxylation sites is 1. The van der Waals surface area contributed by atoms with Crippen LogP contribution in [0.5, 0.6) is 0 Å². The van der Waals surface area contributed by atoms with Crippen LogP contribution in [0.2, 0.25) is 0 Å². The number of furan rings is 1. The first-order chi connectivity index (χ1) is 13.3. The first kappa shape index (κ1) is 15.9. The van der Waals surface area contributed by atoms with Gasteiger partial charge in [0.2, 0.25) is 0 Å². The standard InChI is InChI=1S/C23H20N2O2/c26-23(25-14-12-24(13-15-25)18-7-2-1-3-8-18)22-16-20-19-9-5-4-6-17(19)10-11-21(20)27-22/h1-11,16H,12-15H2. The van der Waals surface area contributed by atoms with E-state index in [2.05, 4.69) is 29.2 Å². The Morgan fingerprint density at radius 2 is 1.52 bits per heavy atom. The van der Waals surface area contributed by atoms with E-state index in [4.69, 9.17) is 4.42 Å². The van der Waals surface area contributed by atoms with Crippen LogP contribution < -0.4 is 4.90 Å². The Kier molecular flexibility index (Phi) is 3.82. The van der Waals surface area contributed by atoms with Crippen molar-refractivity contribution in [2.24, 2.45) is 0 Å². The number of hydrogen-bond acceptors (Lipinski definition) is 3. The summed E-state index contributed by atoms with van der Waals surface area (Å²) < 4.78 is 5.90. The molecule has 0 aliphatic carbocycles. The number of piperazine rings is 1. The molecule has 2 heterocycles. The molecule has 0 radical (unpaired) electrons. The van der Waals surface area contributed by atoms with Crippen molar-refractivity contribution in [3.8, 4) is 0 Å². The van der Waals surface area contributed by atoms with Crippen LogP contribution in [0.4, 0.5) is 5.69 Å². The van der Waals surface area contributed by atoms with Crippen LogP contribution in [-0.4, -0.2) is 37.0 Å². The molecule has 0 bridgehead atoms. The Morgan fingerprint density at radius 3 is 2.33 bits per heavy atom. The number of amides is 1. The maximum absolute atomic E-state index is 13.0. The van der Waals surface area contributed by atoms with E-state index in [1.807, 2.05) is 53.4 Å². The first-order valence-corrected chi connectivity index (χ1v) is 9.30. The van der Waals surface area contributed by atoms with Gasteiger partial charge in [0.05, 0.1) is 0 Å². The van der Waals surface area contributed by atoms with Gasteiger partial charge in [-0.05, 0) is 35.0 Å². The molecule has 4 aromatic rings. The smallest absolute Gasteiger partial charge is 0.289 e. The molecule has 134 valence electrons. The molecule has 0 N–H and O–H groups in total. The van der Waals surface area contributed by atoms with Crippen LogP contribution >= 0.6 is 0 Å². The van der Waals surface area contributed by atoms with Crippen molar-refractivity contribution in [1.82, 2.24) is 4.90 Å². The Hall–Kier alpha value is -3.27. The molecular formula is C23H20N2O2. The number of nitrogens with zero attached hydrogens (tertiary/aromatic N) is 2. The van der Waals surface area contributed by atoms with Crippen LogP contribution in [-0.2, 0) is 0 Å². The molecule has 1 amide bonds. The molecule has 0 spiro atoms. The third-order valence-corrected chi connectivity index (χ3v) is 5.33. The lowest BCUT2D eigenvalue weighted by Crippen LogP contribution is -2.48. The van der Waals surface area contributed by atoms with Crippen molar-refractivity contribution in [3.05, 3.63) is 78.6 Å². The number of carbonyl (C=O) groups is 1. The fourth-order valence-electron chi connectivity index (χ4n) is 3.86. The molecule has 1 fully saturated rings. The van der Waals surface area contributed by atoms with Gasteiger partial charge in [-0.3, -0.25) is 4.79 Å². The second kappa shape index (κ2) is 6.47. The van der Waals surface area contributed by atoms with Crippen LogP contribution in [0.3, 0.4) is 0 Å². The Bertz CT molecular complexity index is 1110. The van der Waals surface area contributed by atoms with Crippen molar-refractivity contribution in [1.29, 1.82) is 0 Å². The van der Waals surface area contributed by atoms with Gasteiger partial charge in [-0.15, -0.1) is 0 Å². The van der Waals surface area contributed by atoms with Crippen molar-refractivity contribution in [3.63, 3.8) is 0 Å². The van der Waals surface area contributed by atoms with Gasteiger partial charge in [0.25, 0.3) is 5.91 Å². The molecule has 3 aromatic carbocycles. The molecule has 4 heteroatoms. The highest BCUT2D eigenvalue weighted by atomic mass is 16.3. The lowest BCUT2D eigenvalue weighted by atomic mass is 10.1. The van der Waals surface area contributed by atoms with Crippen molar-refractivity contribution >= 4 is 33.3 Å². The van der Waals surface area contributed by atoms with Crippen LogP contribution in [0, 0.1) is 0 Å². The summed E-state index contributed by atoms with van der Waals surface area (Å²) in [6, 6.07) is 24.4. The first-order valence-electron chi connectivity index (χ1n) is 9.30. The summed E-state index contributed by atoms with van der Waals surface area (Å²) in [7, 11) is 0. The van der Waals surface area contributed by atoms with Gasteiger partial charge in [0.1, 0.15) is 5.58 Å². The van der Waals surface area contributed by atoms with E-state index in [0.29, 0.717) is 18.8 Å². The Morgan fingerprint density at radius 1 is 0.778 bits per heavy atom. The van der Waals surface area contributed by atoms with Crippen molar-refractivity contribution < 1.29 is 9.21 Å². The van der Waals surface area contributed by atoms with Crippen LogP contribution in [0.1, 0.15) is 10.6 Å². The molecule has 1 aromatic heterocycles. The molecule has 1 aliphatic rings. The zero-order valence-electron chi connectivity index (χ0n) is 15.0. The largest absolute Gasteiger partial charge is 0.451 e. The summed E-state index contributed by atoms with van der Waals surface area (Å²) in [5, 5.41) is 3.27. The fraction of sp³-hybridized carbons (Fsp3) is 0.174. The van der Waals surface area contributed by atoms with Crippen LogP contribution in [0.15, 0.2) is 77.2 Å². The minimum absolute atomic E-state index is 0.0250. The lowest BCUT2D eigenvalue weighted by Gasteiger charge is -2.35. The number of anilines is 1. The van der Waals surface area contributed by atoms with Gasteiger partial charge in [0, 0.05) is 37.3 Å². The lowest BCUT2D eigenvalue weighted by molar-refractivity contribution is 0.0717. The molecular weight excluding hydrogens is 336 g/mol. The highest BCUT2D eigenvalue weighted by molar-refractivity contribution is 6.08. The normalized spacial score (nSPS) is 14.8. The van der Waals surface area contributed by atoms with E-state index < -0.39 is 0 Å². The predicted molar refractivity (Wildman–Crippen MR) is 108 cm³/mol. The third-order valence-electron chi connectivity index (χ3n) is 5.33. The molecule has 5 rings (SSSR count). The monoisotopic (exact) mass is 356 g/mol. The second-order valence-corrected chi connectivity index (χ2v) is 6.92. The summed E-state index contributed by atoms with van der Waals surface area (Å²) in [6.45, 7) is 3.06. The molecule has 0 unspecified atom stereocenters. The number of carbonyl (C=O) groups excluding carboxylic acids is 1. The molecule has 1 aliphatic heterocycles. The number of fused-ring (bicyclic) bond motifs is 3. The fourth-order valence-corrected chi connectivity index (χ4v) is 3.86. The summed E-state index contributed by atoms with van der Waals surface area (Å²) in [6.07, 6.45) is 0. The highest BCUT2D eigenvalue weighted by Crippen LogP contribution is 2.29. The van der Waals surface area contributed by atoms with Gasteiger partial charge < -0.3 is 14.2 Å². The topological polar surface area (TPSA) is 36.7 Å². The second-order valence-electron chi connectivity index (χ2n) is 6.92. The van der Waals surface area contributed by atoms with E-state index in [9.17, 15) is 4.79 Å². The van der Waals surface area contributed by atoms with Gasteiger partial charge in [-0.25, -0.2) is 0 Å². The molecule has 0 atom stereocenters. The zero-order chi connectivity index (χ0) is 18.2. The minimum Gasteiger partial charge on any atom is -0.451 e. The van der Waals surface area contributed by atoms with E-state index in [1.54, 1.807) is 0 Å². The Balaban J connectivity index is 1.38. The minimum atomic E-state index is -0.0250. The highest BCUT2D eigenvalue weighted by Gasteiger charge is 2.25. The summed E-state index contributed by atoms with van der Waals surface area (Å²) in [5.41, 5.74) is 1.97. The Labute approximate surface area is 157 Å². The van der Waals surface area contributed by atoms with E-state index in [-0.39, 0.29) is 5.91 Å². The van der Waals surface area contributed by atoms with Gasteiger partial charge in [-0.1, -0.05) is 48.5 Å². The molecule has 4 nitrogen and oxygen atoms in total. The average Bonchev–Trinajstić information content (AvgIpc) is 3.19. The summed E-state index contributed by atoms with van der Waals surface area (Å²) in [4.78, 5) is 17.2. The predicted octanol–water partition coefficient (Wildman–Crippen LogP) is 4.55. The van der Waals surface area contributed by atoms with E-state index in [0.717, 1.165) is 34.8 Å². The quantitative estimate of drug-likeness (QED) is 0.529.